The zero-order valence-corrected chi connectivity index (χ0v) is 8.97. The summed E-state index contributed by atoms with van der Waals surface area (Å²) in [6, 6.07) is 0. The molecule has 0 aromatic heterocycles. The fourth-order valence-electron chi connectivity index (χ4n) is 0.659. The van der Waals surface area contributed by atoms with Gasteiger partial charge in [0.2, 0.25) is 0 Å². The fraction of sp³-hybridized carbons (Fsp3) is 0.800. The number of Topliss-reactive ketones (excluding diaryl/α,β-unsaturated/α-hetero) is 1. The van der Waals surface area contributed by atoms with E-state index in [-0.39, 0.29) is 12.8 Å². The molecule has 0 bridgehead atoms. The SMILES string of the molecule is CCCCC(=O)O.O=C(CF)CCCF. The first-order valence-corrected chi connectivity index (χ1v) is 4.93. The Morgan fingerprint density at radius 1 is 1.13 bits per heavy atom. The van der Waals surface area contributed by atoms with Crippen molar-refractivity contribution in [1.29, 1.82) is 0 Å². The topological polar surface area (TPSA) is 54.4 Å². The highest BCUT2D eigenvalue weighted by Crippen LogP contribution is 1.91. The predicted molar refractivity (Wildman–Crippen MR) is 53.4 cm³/mol. The maximum atomic E-state index is 11.2. The van der Waals surface area contributed by atoms with Gasteiger partial charge in [-0.3, -0.25) is 14.0 Å². The van der Waals surface area contributed by atoms with Gasteiger partial charge in [0.05, 0.1) is 6.67 Å². The zero-order valence-electron chi connectivity index (χ0n) is 8.97. The van der Waals surface area contributed by atoms with Gasteiger partial charge in [-0.15, -0.1) is 0 Å². The molecule has 0 radical (unpaired) electrons. The summed E-state index contributed by atoms with van der Waals surface area (Å²) >= 11 is 0. The van der Waals surface area contributed by atoms with E-state index in [9.17, 15) is 18.4 Å². The van der Waals surface area contributed by atoms with E-state index in [1.807, 2.05) is 6.92 Å². The summed E-state index contributed by atoms with van der Waals surface area (Å²) in [6.45, 7) is 0.481. The Bertz CT molecular complexity index is 172. The molecule has 1 N–H and O–H groups in total. The van der Waals surface area contributed by atoms with Crippen LogP contribution in [-0.4, -0.2) is 30.2 Å². The summed E-state index contributed by atoms with van der Waals surface area (Å²) in [5.74, 6) is -1.20. The van der Waals surface area contributed by atoms with Crippen LogP contribution in [0, 0.1) is 0 Å². The minimum Gasteiger partial charge on any atom is -0.481 e. The molecule has 0 heterocycles. The van der Waals surface area contributed by atoms with Gasteiger partial charge in [0.1, 0.15) is 6.67 Å². The molecule has 0 aliphatic rings. The summed E-state index contributed by atoms with van der Waals surface area (Å²) in [4.78, 5) is 19.8. The molecular formula is C10H18F2O3. The lowest BCUT2D eigenvalue weighted by Gasteiger charge is -1.87. The lowest BCUT2D eigenvalue weighted by molar-refractivity contribution is -0.137. The molecule has 0 unspecified atom stereocenters. The van der Waals surface area contributed by atoms with Gasteiger partial charge < -0.3 is 5.11 Å². The van der Waals surface area contributed by atoms with Crippen molar-refractivity contribution in [3.8, 4) is 0 Å². The molecule has 0 saturated heterocycles. The van der Waals surface area contributed by atoms with Crippen LogP contribution in [0.25, 0.3) is 0 Å². The van der Waals surface area contributed by atoms with Gasteiger partial charge in [-0.25, -0.2) is 4.39 Å². The molecule has 0 aromatic rings. The quantitative estimate of drug-likeness (QED) is 0.723. The highest BCUT2D eigenvalue weighted by atomic mass is 19.1. The van der Waals surface area contributed by atoms with E-state index in [1.165, 1.54) is 0 Å². The molecule has 5 heteroatoms. The average molecular weight is 224 g/mol. The van der Waals surface area contributed by atoms with Crippen LogP contribution in [0.5, 0.6) is 0 Å². The normalized spacial score (nSPS) is 9.00. The third-order valence-electron chi connectivity index (χ3n) is 1.48. The van der Waals surface area contributed by atoms with Gasteiger partial charge in [0, 0.05) is 12.8 Å². The van der Waals surface area contributed by atoms with Crippen LogP contribution in [-0.2, 0) is 9.59 Å². The van der Waals surface area contributed by atoms with Crippen LogP contribution in [0.15, 0.2) is 0 Å². The Kier molecular flexibility index (Phi) is 14.2. The number of carboxylic acids is 1. The van der Waals surface area contributed by atoms with E-state index in [0.717, 1.165) is 12.8 Å². The molecule has 90 valence electrons. The number of aliphatic carboxylic acids is 1. The van der Waals surface area contributed by atoms with E-state index in [2.05, 4.69) is 0 Å². The summed E-state index contributed by atoms with van der Waals surface area (Å²) < 4.78 is 22.5. The number of carbonyl (C=O) groups excluding carboxylic acids is 1. The van der Waals surface area contributed by atoms with Crippen molar-refractivity contribution in [3.63, 3.8) is 0 Å². The number of hydrogen-bond donors (Lipinski definition) is 1. The number of carbonyl (C=O) groups is 2. The van der Waals surface area contributed by atoms with Crippen LogP contribution in [0.2, 0.25) is 0 Å². The number of ketones is 1. The van der Waals surface area contributed by atoms with Crippen molar-refractivity contribution >= 4 is 11.8 Å². The Morgan fingerprint density at radius 2 is 1.73 bits per heavy atom. The van der Waals surface area contributed by atoms with Crippen LogP contribution < -0.4 is 0 Å². The second kappa shape index (κ2) is 13.0. The number of unbranched alkanes of at least 4 members (excludes halogenated alkanes) is 1. The molecule has 0 spiro atoms. The summed E-state index contributed by atoms with van der Waals surface area (Å²) in [5.41, 5.74) is 0. The van der Waals surface area contributed by atoms with Crippen LogP contribution >= 0.6 is 0 Å². The molecule has 15 heavy (non-hydrogen) atoms. The lowest BCUT2D eigenvalue weighted by atomic mass is 10.2. The first-order valence-electron chi connectivity index (χ1n) is 4.93. The number of hydrogen-bond acceptors (Lipinski definition) is 2. The van der Waals surface area contributed by atoms with Crippen LogP contribution in [0.1, 0.15) is 39.0 Å². The minimum absolute atomic E-state index is 0.0347. The van der Waals surface area contributed by atoms with Gasteiger partial charge in [-0.05, 0) is 12.8 Å². The molecule has 0 amide bonds. The standard InChI is InChI=1S/C5H8F2O.C5H10O2/c6-3-1-2-5(8)4-7;1-2-3-4-5(6)7/h1-4H2;2-4H2,1H3,(H,6,7). The molecule has 0 saturated carbocycles. The maximum absolute atomic E-state index is 11.2. The van der Waals surface area contributed by atoms with Gasteiger partial charge in [0.15, 0.2) is 5.78 Å². The van der Waals surface area contributed by atoms with E-state index in [4.69, 9.17) is 5.11 Å². The van der Waals surface area contributed by atoms with Crippen LogP contribution in [0.3, 0.4) is 0 Å². The second-order valence-electron chi connectivity index (χ2n) is 2.96. The summed E-state index contributed by atoms with van der Waals surface area (Å²) in [7, 11) is 0. The monoisotopic (exact) mass is 224 g/mol. The Hall–Kier alpha value is -1.00. The largest absolute Gasteiger partial charge is 0.481 e. The number of halogens is 2. The first-order chi connectivity index (χ1) is 7.08. The molecule has 0 atom stereocenters. The fourth-order valence-corrected chi connectivity index (χ4v) is 0.659. The predicted octanol–water partition coefficient (Wildman–Crippen LogP) is 2.54. The van der Waals surface area contributed by atoms with Gasteiger partial charge in [0.25, 0.3) is 0 Å². The van der Waals surface area contributed by atoms with E-state index < -0.39 is 25.1 Å². The first kappa shape index (κ1) is 16.4. The van der Waals surface area contributed by atoms with Crippen LogP contribution in [0.4, 0.5) is 8.78 Å². The zero-order chi connectivity index (χ0) is 12.1. The Balaban J connectivity index is 0. The van der Waals surface area contributed by atoms with Crippen molar-refractivity contribution in [2.45, 2.75) is 39.0 Å². The maximum Gasteiger partial charge on any atom is 0.303 e. The summed E-state index contributed by atoms with van der Waals surface area (Å²) in [6.07, 6.45) is 2.27. The van der Waals surface area contributed by atoms with Gasteiger partial charge in [-0.2, -0.15) is 0 Å². The molecule has 0 aromatic carbocycles. The second-order valence-corrected chi connectivity index (χ2v) is 2.96. The van der Waals surface area contributed by atoms with Crippen molar-refractivity contribution < 1.29 is 23.5 Å². The highest BCUT2D eigenvalue weighted by Gasteiger charge is 1.97. The van der Waals surface area contributed by atoms with Crippen molar-refractivity contribution in [2.24, 2.45) is 0 Å². The number of alkyl halides is 2. The lowest BCUT2D eigenvalue weighted by Crippen LogP contribution is -1.99. The Labute approximate surface area is 88.5 Å². The molecule has 0 rings (SSSR count). The highest BCUT2D eigenvalue weighted by molar-refractivity contribution is 5.79. The van der Waals surface area contributed by atoms with E-state index in [0.29, 0.717) is 6.42 Å². The average Bonchev–Trinajstić information content (AvgIpc) is 2.23. The molecular weight excluding hydrogens is 206 g/mol. The number of rotatable bonds is 7. The van der Waals surface area contributed by atoms with Crippen molar-refractivity contribution in [1.82, 2.24) is 0 Å². The third-order valence-corrected chi connectivity index (χ3v) is 1.48. The summed E-state index contributed by atoms with van der Waals surface area (Å²) in [5, 5.41) is 8.04. The number of carboxylic acid groups (broad SMARTS) is 1. The van der Waals surface area contributed by atoms with Gasteiger partial charge in [-0.1, -0.05) is 13.3 Å². The molecule has 0 aliphatic heterocycles. The van der Waals surface area contributed by atoms with Crippen molar-refractivity contribution in [3.05, 3.63) is 0 Å². The molecule has 0 fully saturated rings. The van der Waals surface area contributed by atoms with Crippen molar-refractivity contribution in [2.75, 3.05) is 13.3 Å². The molecule has 0 aliphatic carbocycles. The smallest absolute Gasteiger partial charge is 0.303 e. The minimum atomic E-state index is -0.958. The van der Waals surface area contributed by atoms with Gasteiger partial charge >= 0.3 is 5.97 Å². The third kappa shape index (κ3) is 19.4. The van der Waals surface area contributed by atoms with E-state index in [1.54, 1.807) is 0 Å². The van der Waals surface area contributed by atoms with E-state index >= 15 is 0 Å². The Morgan fingerprint density at radius 3 is 2.00 bits per heavy atom. The molecule has 3 nitrogen and oxygen atoms in total.